The van der Waals surface area contributed by atoms with Gasteiger partial charge in [0.05, 0.1) is 21.4 Å². The summed E-state index contributed by atoms with van der Waals surface area (Å²) in [6, 6.07) is 62.1. The van der Waals surface area contributed by atoms with E-state index in [2.05, 4.69) is 173 Å². The van der Waals surface area contributed by atoms with Gasteiger partial charge in [0.1, 0.15) is 30.4 Å². The van der Waals surface area contributed by atoms with Gasteiger partial charge in [-0.15, -0.1) is 0 Å². The summed E-state index contributed by atoms with van der Waals surface area (Å²) in [5, 5.41) is 12.9. The number of benzene rings is 9. The minimum Gasteiger partial charge on any atom is -0.744 e. The van der Waals surface area contributed by atoms with E-state index in [0.717, 1.165) is 91.1 Å². The molecule has 0 fully saturated rings. The quantitative estimate of drug-likeness (QED) is 0.0361. The summed E-state index contributed by atoms with van der Waals surface area (Å²) in [6.07, 6.45) is 16.5. The van der Waals surface area contributed by atoms with Gasteiger partial charge in [-0.1, -0.05) is 222 Å². The summed E-state index contributed by atoms with van der Waals surface area (Å²) < 4.78 is 44.4. The van der Waals surface area contributed by atoms with E-state index in [-0.39, 0.29) is 52.0 Å². The highest BCUT2D eigenvalue weighted by molar-refractivity contribution is 7.85. The van der Waals surface area contributed by atoms with Crippen molar-refractivity contribution in [2.24, 2.45) is 0 Å². The van der Waals surface area contributed by atoms with E-state index in [9.17, 15) is 32.1 Å². The van der Waals surface area contributed by atoms with E-state index >= 15 is 0 Å². The number of unbranched alkanes of at least 4 members (excludes halogenated alkanes) is 2. The molecule has 102 heavy (non-hydrogen) atoms. The molecule has 0 spiro atoms. The molecule has 0 saturated heterocycles. The van der Waals surface area contributed by atoms with Crippen LogP contribution in [0.4, 0.5) is 22.7 Å². The number of aryl methyl sites for hydroxylation is 1. The SMILES string of the molecule is CCCCNc1ccc(NCCCC)c2c1C(=O)c1ccccc1C2=O.CN1/C(=C/C=C2\CCCC(/C=C/C3=[N+](C)c4ccc5ccccc5c4C3(C)C)=C2Cl)C(C)(C)c2c1ccc1ccccc21.Cc1ccc(S(=O)(=O)[O-])cc1.O=c1c(OCc2ccccc2)c(OCc2ccccc2)c1=O. The maximum absolute atomic E-state index is 13.2. The minimum absolute atomic E-state index is 0.0183. The van der Waals surface area contributed by atoms with Crippen LogP contribution in [0.5, 0.6) is 11.5 Å². The van der Waals surface area contributed by atoms with Gasteiger partial charge in [0.2, 0.25) is 17.2 Å². The summed E-state index contributed by atoms with van der Waals surface area (Å²) in [7, 11) is 0.114. The van der Waals surface area contributed by atoms with Crippen LogP contribution in [0.3, 0.4) is 0 Å². The van der Waals surface area contributed by atoms with Gasteiger partial charge in [-0.2, -0.15) is 4.58 Å². The molecule has 0 aromatic heterocycles. The normalized spacial score (nSPS) is 15.7. The van der Waals surface area contributed by atoms with Crippen molar-refractivity contribution in [3.05, 3.63) is 311 Å². The maximum Gasteiger partial charge on any atom is 0.275 e. The molecule has 2 aliphatic heterocycles. The number of hydrogen-bond acceptors (Lipinski definition) is 12. The van der Waals surface area contributed by atoms with Gasteiger partial charge in [-0.05, 0) is 145 Å². The van der Waals surface area contributed by atoms with Gasteiger partial charge in [0.15, 0.2) is 17.3 Å². The van der Waals surface area contributed by atoms with Crippen molar-refractivity contribution in [3.63, 3.8) is 0 Å². The van der Waals surface area contributed by atoms with Crippen LogP contribution in [0, 0.1) is 6.92 Å². The molecule has 4 aliphatic rings. The number of hydrogen-bond donors (Lipinski definition) is 2. The van der Waals surface area contributed by atoms with Crippen molar-refractivity contribution in [3.8, 4) is 11.5 Å². The molecule has 10 aromatic rings. The lowest BCUT2D eigenvalue weighted by Crippen LogP contribution is -2.34. The third-order valence-electron chi connectivity index (χ3n) is 19.5. The highest BCUT2D eigenvalue weighted by Gasteiger charge is 2.45. The predicted molar refractivity (Wildman–Crippen MR) is 414 cm³/mol. The van der Waals surface area contributed by atoms with Gasteiger partial charge in [-0.3, -0.25) is 19.2 Å². The lowest BCUT2D eigenvalue weighted by molar-refractivity contribution is -0.401. The van der Waals surface area contributed by atoms with Crippen LogP contribution < -0.4 is 35.9 Å². The molecular weight excluding hydrogens is 1310 g/mol. The molecule has 0 saturated carbocycles. The first kappa shape index (κ1) is 73.0. The van der Waals surface area contributed by atoms with Crippen LogP contribution >= 0.6 is 11.6 Å². The van der Waals surface area contributed by atoms with E-state index < -0.39 is 21.0 Å². The first-order valence-electron chi connectivity index (χ1n) is 34.9. The molecule has 13 nitrogen and oxygen atoms in total. The zero-order valence-corrected chi connectivity index (χ0v) is 61.0. The largest absolute Gasteiger partial charge is 0.744 e. The second-order valence-electron chi connectivity index (χ2n) is 27.2. The number of anilines is 3. The highest BCUT2D eigenvalue weighted by atomic mass is 35.5. The van der Waals surface area contributed by atoms with Gasteiger partial charge < -0.3 is 29.6 Å². The number of carbonyl (C=O) groups is 2. The van der Waals surface area contributed by atoms with Gasteiger partial charge >= 0.3 is 0 Å². The van der Waals surface area contributed by atoms with Crippen molar-refractivity contribution < 1.29 is 36.6 Å². The maximum atomic E-state index is 13.2. The van der Waals surface area contributed by atoms with Crippen LogP contribution in [0.15, 0.2) is 255 Å². The van der Waals surface area contributed by atoms with Crippen molar-refractivity contribution in [1.29, 1.82) is 0 Å². The summed E-state index contributed by atoms with van der Waals surface area (Å²) in [4.78, 5) is 51.7. The fourth-order valence-corrected chi connectivity index (χ4v) is 14.8. The number of allylic oxidation sites excluding steroid dienone is 8. The summed E-state index contributed by atoms with van der Waals surface area (Å²) in [5.74, 6) is -0.115. The zero-order valence-electron chi connectivity index (χ0n) is 59.4. The number of nitrogens with zero attached hydrogens (tertiary/aromatic N) is 2. The number of halogens is 1. The molecule has 2 aliphatic carbocycles. The standard InChI is InChI=1S/C40H40ClN2.C22H26N2O2.C18H14O4.C7H8O3S/c1-39(2)34(42(5)32-22-18-26-12-7-9-16-30(26)36(32)39)24-20-28-14-11-15-29(38(28)41)21-25-35-40(3,4)37-31-17-10-8-13-27(31)19-23-33(37)43(35)6;1-3-5-13-23-17-11-12-18(24-14-6-4-2)20-19(17)21(25)15-9-7-8-10-16(15)22(20)26;19-15-16(20)18(22-12-14-9-5-2-6-10-14)17(15)21-11-13-7-3-1-4-8-13;1-6-2-4-7(5-3-6)11(8,9)10/h7-10,12-13,16-25H,11,14-15H2,1-6H3;7-12,23-24H,3-6,13-14H2,1-2H3;1-10H,11-12H2;2-5H,1H3,(H,8,9,10)/q+1;;;/p-1. The molecular formula is C87H87ClN4O9S. The van der Waals surface area contributed by atoms with Gasteiger partial charge in [-0.25, -0.2) is 8.42 Å². The topological polar surface area (TPSA) is 174 Å². The van der Waals surface area contributed by atoms with E-state index in [1.165, 1.54) is 78.7 Å². The second kappa shape index (κ2) is 31.7. The van der Waals surface area contributed by atoms with Gasteiger partial charge in [0.25, 0.3) is 10.9 Å². The van der Waals surface area contributed by atoms with Crippen molar-refractivity contribution >= 4 is 83.3 Å². The first-order chi connectivity index (χ1) is 49.0. The lowest BCUT2D eigenvalue weighted by atomic mass is 9.79. The van der Waals surface area contributed by atoms with E-state index in [1.807, 2.05) is 91.9 Å². The Morgan fingerprint density at radius 3 is 1.59 bits per heavy atom. The Labute approximate surface area is 603 Å². The van der Waals surface area contributed by atoms with Crippen LogP contribution in [0.2, 0.25) is 0 Å². The first-order valence-corrected chi connectivity index (χ1v) is 36.7. The number of ether oxygens (including phenoxy) is 2. The third kappa shape index (κ3) is 15.5. The van der Waals surface area contributed by atoms with Crippen molar-refractivity contribution in [2.45, 2.75) is 122 Å². The molecule has 522 valence electrons. The minimum atomic E-state index is -4.27. The Bertz CT molecular complexity index is 5020. The van der Waals surface area contributed by atoms with Crippen molar-refractivity contribution in [1.82, 2.24) is 0 Å². The molecule has 14 rings (SSSR count). The summed E-state index contributed by atoms with van der Waals surface area (Å²) >= 11 is 7.16. The molecule has 10 aromatic carbocycles. The Morgan fingerprint density at radius 2 is 1.07 bits per heavy atom. The van der Waals surface area contributed by atoms with Gasteiger partial charge in [0, 0.05) is 82.2 Å². The number of likely N-dealkylation sites (N-methyl/N-ethyl adjacent to an activating group) is 1. The molecule has 0 amide bonds. The van der Waals surface area contributed by atoms with Crippen LogP contribution in [0.25, 0.3) is 21.5 Å². The average molecular weight is 1400 g/mol. The third-order valence-corrected chi connectivity index (χ3v) is 20.8. The number of ketones is 2. The monoisotopic (exact) mass is 1400 g/mol. The molecule has 0 unspecified atom stereocenters. The smallest absolute Gasteiger partial charge is 0.275 e. The summed E-state index contributed by atoms with van der Waals surface area (Å²) in [6.45, 7) is 17.5. The fourth-order valence-electron chi connectivity index (χ4n) is 14.0. The molecule has 0 atom stereocenters. The Kier molecular flexibility index (Phi) is 22.7. The molecule has 15 heteroatoms. The fraction of sp³-hybridized carbons (Fsp3) is 0.253. The lowest BCUT2D eigenvalue weighted by Gasteiger charge is -2.25. The predicted octanol–water partition coefficient (Wildman–Crippen LogP) is 18.7. The average Bonchev–Trinajstić information content (AvgIpc) is 1.54. The van der Waals surface area contributed by atoms with Crippen molar-refractivity contribution in [2.75, 3.05) is 42.7 Å². The van der Waals surface area contributed by atoms with E-state index in [4.69, 9.17) is 21.1 Å². The number of nitrogens with one attached hydrogen (secondary N) is 2. The molecule has 2 N–H and O–H groups in total. The zero-order chi connectivity index (χ0) is 72.5. The summed E-state index contributed by atoms with van der Waals surface area (Å²) in [5.41, 5.74) is 15.2. The Balaban J connectivity index is 0.000000151. The van der Waals surface area contributed by atoms with Crippen LogP contribution in [-0.2, 0) is 34.2 Å². The highest BCUT2D eigenvalue weighted by Crippen LogP contribution is 2.51. The Morgan fingerprint density at radius 1 is 0.578 bits per heavy atom. The molecule has 2 heterocycles. The molecule has 0 radical (unpaired) electrons. The van der Waals surface area contributed by atoms with Crippen LogP contribution in [-0.4, -0.2) is 62.0 Å². The number of carbonyl (C=O) groups excluding carboxylic acids is 2. The van der Waals surface area contributed by atoms with E-state index in [0.29, 0.717) is 22.3 Å². The van der Waals surface area contributed by atoms with Crippen LogP contribution in [0.1, 0.15) is 146 Å². The molecule has 0 bridgehead atoms. The number of rotatable bonds is 18. The van der Waals surface area contributed by atoms with E-state index in [1.54, 1.807) is 24.3 Å². The second-order valence-corrected chi connectivity index (χ2v) is 28.9. The Hall–Kier alpha value is -10.3. The number of fused-ring (bicyclic) bond motifs is 8.